The van der Waals surface area contributed by atoms with Crippen LogP contribution in [0.1, 0.15) is 17.2 Å². The lowest BCUT2D eigenvalue weighted by Crippen LogP contribution is -2.02. The van der Waals surface area contributed by atoms with Gasteiger partial charge in [-0.15, -0.1) is 0 Å². The second-order valence-electron chi connectivity index (χ2n) is 5.24. The number of pyridine rings is 1. The lowest BCUT2D eigenvalue weighted by atomic mass is 9.99. The molecule has 0 bridgehead atoms. The fourth-order valence-corrected chi connectivity index (χ4v) is 3.02. The van der Waals surface area contributed by atoms with Crippen LogP contribution in [0.15, 0.2) is 48.5 Å². The van der Waals surface area contributed by atoms with Gasteiger partial charge in [0.05, 0.1) is 17.3 Å². The number of aryl methyl sites for hydroxylation is 1. The number of aliphatic hydroxyl groups excluding tert-OH is 1. The first-order chi connectivity index (χ1) is 10.6. The Kier molecular flexibility index (Phi) is 4.48. The lowest BCUT2D eigenvalue weighted by molar-refractivity contribution is 0.207. The number of para-hydroxylation sites is 1. The van der Waals surface area contributed by atoms with Crippen molar-refractivity contribution in [1.82, 2.24) is 4.98 Å². The summed E-state index contributed by atoms with van der Waals surface area (Å²) in [6, 6.07) is 15.6. The minimum Gasteiger partial charge on any atom is -0.388 e. The van der Waals surface area contributed by atoms with Crippen molar-refractivity contribution in [1.29, 1.82) is 0 Å². The van der Waals surface area contributed by atoms with E-state index in [-0.39, 0.29) is 0 Å². The fraction of sp³-hybridized carbons (Fsp3) is 0.167. The minimum absolute atomic E-state index is 0.486. The smallest absolute Gasteiger partial charge is 0.0894 e. The van der Waals surface area contributed by atoms with Crippen LogP contribution < -0.4 is 0 Å². The average Bonchev–Trinajstić information content (AvgIpc) is 2.54. The number of fused-ring (bicyclic) bond motifs is 1. The van der Waals surface area contributed by atoms with Gasteiger partial charge in [-0.3, -0.25) is 0 Å². The minimum atomic E-state index is -0.571. The molecule has 0 radical (unpaired) electrons. The van der Waals surface area contributed by atoms with Gasteiger partial charge in [-0.1, -0.05) is 57.9 Å². The van der Waals surface area contributed by atoms with Crippen molar-refractivity contribution in [3.63, 3.8) is 0 Å². The fourth-order valence-electron chi connectivity index (χ4n) is 2.55. The molecule has 3 rings (SSSR count). The number of aliphatic hydroxyl groups is 1. The summed E-state index contributed by atoms with van der Waals surface area (Å²) < 4.78 is 0. The van der Waals surface area contributed by atoms with Gasteiger partial charge >= 0.3 is 0 Å². The maximum atomic E-state index is 10.3. The molecule has 1 aromatic heterocycles. The van der Waals surface area contributed by atoms with Crippen molar-refractivity contribution >= 4 is 38.4 Å². The van der Waals surface area contributed by atoms with Gasteiger partial charge in [0.1, 0.15) is 0 Å². The lowest BCUT2D eigenvalue weighted by Gasteiger charge is -2.14. The second-order valence-corrected chi connectivity index (χ2v) is 6.33. The van der Waals surface area contributed by atoms with E-state index in [1.54, 1.807) is 0 Å². The Hall–Kier alpha value is -1.42. The van der Waals surface area contributed by atoms with Gasteiger partial charge in [0.15, 0.2) is 0 Å². The quantitative estimate of drug-likeness (QED) is 0.630. The maximum absolute atomic E-state index is 10.3. The van der Waals surface area contributed by atoms with Crippen LogP contribution in [0.5, 0.6) is 0 Å². The molecule has 3 aromatic rings. The monoisotopic (exact) mass is 375 g/mol. The van der Waals surface area contributed by atoms with E-state index in [9.17, 15) is 5.11 Å². The zero-order valence-corrected chi connectivity index (χ0v) is 14.4. The van der Waals surface area contributed by atoms with Gasteiger partial charge in [-0.25, -0.2) is 4.98 Å². The number of halogens is 2. The van der Waals surface area contributed by atoms with Gasteiger partial charge in [0.25, 0.3) is 0 Å². The molecule has 4 heteroatoms. The molecule has 0 amide bonds. The Balaban J connectivity index is 2.28. The van der Waals surface area contributed by atoms with E-state index in [1.165, 1.54) is 0 Å². The molecular formula is C18H15BrClNO. The summed E-state index contributed by atoms with van der Waals surface area (Å²) in [4.78, 5) is 4.78. The van der Waals surface area contributed by atoms with E-state index in [0.717, 1.165) is 33.3 Å². The predicted octanol–water partition coefficient (Wildman–Crippen LogP) is 5.29. The van der Waals surface area contributed by atoms with E-state index in [0.29, 0.717) is 10.4 Å². The first-order valence-corrected chi connectivity index (χ1v) is 8.50. The predicted molar refractivity (Wildman–Crippen MR) is 95.7 cm³/mol. The number of nitrogens with zero attached hydrogens (tertiary/aromatic N) is 1. The zero-order chi connectivity index (χ0) is 15.7. The molecule has 0 saturated carbocycles. The number of hydrogen-bond donors (Lipinski definition) is 1. The molecule has 0 aliphatic carbocycles. The highest BCUT2D eigenvalue weighted by atomic mass is 79.9. The Bertz CT molecular complexity index is 817. The van der Waals surface area contributed by atoms with Crippen molar-refractivity contribution < 1.29 is 5.11 Å². The van der Waals surface area contributed by atoms with Crippen molar-refractivity contribution in [2.45, 2.75) is 13.0 Å². The van der Waals surface area contributed by atoms with Gasteiger partial charge in [0.2, 0.25) is 0 Å². The number of benzene rings is 2. The average molecular weight is 377 g/mol. The van der Waals surface area contributed by atoms with Crippen molar-refractivity contribution in [2.24, 2.45) is 0 Å². The maximum Gasteiger partial charge on any atom is 0.0894 e. The molecule has 0 saturated heterocycles. The SMILES string of the molecule is Cc1cccc2c(C(O)CBr)cc(-c3ccc(Cl)cc3)nc12. The summed E-state index contributed by atoms with van der Waals surface area (Å²) in [7, 11) is 0. The summed E-state index contributed by atoms with van der Waals surface area (Å²) in [5.41, 5.74) is 4.72. The van der Waals surface area contributed by atoms with E-state index in [1.807, 2.05) is 55.5 Å². The van der Waals surface area contributed by atoms with Gasteiger partial charge < -0.3 is 5.11 Å². The number of aromatic nitrogens is 1. The largest absolute Gasteiger partial charge is 0.388 e. The van der Waals surface area contributed by atoms with Crippen LogP contribution in [0.25, 0.3) is 22.2 Å². The normalized spacial score (nSPS) is 12.5. The number of hydrogen-bond acceptors (Lipinski definition) is 2. The molecule has 2 aromatic carbocycles. The summed E-state index contributed by atoms with van der Waals surface area (Å²) in [6.07, 6.45) is -0.571. The molecule has 22 heavy (non-hydrogen) atoms. The van der Waals surface area contributed by atoms with Crippen LogP contribution in [0, 0.1) is 6.92 Å². The highest BCUT2D eigenvalue weighted by Crippen LogP contribution is 2.31. The Labute approximate surface area is 142 Å². The molecule has 0 aliphatic heterocycles. The van der Waals surface area contributed by atoms with E-state index < -0.39 is 6.10 Å². The topological polar surface area (TPSA) is 33.1 Å². The van der Waals surface area contributed by atoms with E-state index in [4.69, 9.17) is 16.6 Å². The molecule has 0 spiro atoms. The Morgan fingerprint density at radius 2 is 1.91 bits per heavy atom. The zero-order valence-electron chi connectivity index (χ0n) is 12.1. The Morgan fingerprint density at radius 1 is 1.18 bits per heavy atom. The highest BCUT2D eigenvalue weighted by Gasteiger charge is 2.14. The summed E-state index contributed by atoms with van der Waals surface area (Å²) in [6.45, 7) is 2.03. The third-order valence-electron chi connectivity index (χ3n) is 3.72. The third-order valence-corrected chi connectivity index (χ3v) is 4.58. The molecule has 1 unspecified atom stereocenters. The van der Waals surface area contributed by atoms with E-state index in [2.05, 4.69) is 15.9 Å². The molecule has 1 heterocycles. The molecule has 1 atom stereocenters. The Morgan fingerprint density at radius 3 is 2.59 bits per heavy atom. The van der Waals surface area contributed by atoms with E-state index >= 15 is 0 Å². The number of alkyl halides is 1. The number of rotatable bonds is 3. The first-order valence-electron chi connectivity index (χ1n) is 7.00. The van der Waals surface area contributed by atoms with Gasteiger partial charge in [0, 0.05) is 21.3 Å². The molecule has 112 valence electrons. The van der Waals surface area contributed by atoms with Gasteiger partial charge in [-0.05, 0) is 36.2 Å². The molecule has 0 aliphatic rings. The highest BCUT2D eigenvalue weighted by molar-refractivity contribution is 9.09. The van der Waals surface area contributed by atoms with Crippen molar-refractivity contribution in [3.05, 3.63) is 64.7 Å². The summed E-state index contributed by atoms with van der Waals surface area (Å²) in [5.74, 6) is 0. The van der Waals surface area contributed by atoms with Crippen molar-refractivity contribution in [3.8, 4) is 11.3 Å². The van der Waals surface area contributed by atoms with Crippen LogP contribution in [0.4, 0.5) is 0 Å². The molecular weight excluding hydrogens is 362 g/mol. The molecule has 2 nitrogen and oxygen atoms in total. The van der Waals surface area contributed by atoms with Crippen LogP contribution in [-0.4, -0.2) is 15.4 Å². The summed E-state index contributed by atoms with van der Waals surface area (Å²) in [5, 5.41) is 12.5. The van der Waals surface area contributed by atoms with Crippen LogP contribution in [0.3, 0.4) is 0 Å². The van der Waals surface area contributed by atoms with Crippen LogP contribution >= 0.6 is 27.5 Å². The third kappa shape index (κ3) is 2.89. The van der Waals surface area contributed by atoms with Crippen LogP contribution in [0.2, 0.25) is 5.02 Å². The standard InChI is InChI=1S/C18H15BrClNO/c1-11-3-2-4-14-15(17(22)10-19)9-16(21-18(11)14)12-5-7-13(20)8-6-12/h2-9,17,22H,10H2,1H3. The van der Waals surface area contributed by atoms with Gasteiger partial charge in [-0.2, -0.15) is 0 Å². The second kappa shape index (κ2) is 6.37. The molecule has 1 N–H and O–H groups in total. The summed E-state index contributed by atoms with van der Waals surface area (Å²) >= 11 is 9.32. The van der Waals surface area contributed by atoms with Crippen LogP contribution in [-0.2, 0) is 0 Å². The molecule has 0 fully saturated rings. The first kappa shape index (κ1) is 15.5. The van der Waals surface area contributed by atoms with Crippen molar-refractivity contribution in [2.75, 3.05) is 5.33 Å².